The molecule has 4 nitrogen and oxygen atoms in total. The molecule has 2 rings (SSSR count). The summed E-state index contributed by atoms with van der Waals surface area (Å²) in [5.41, 5.74) is 7.10. The van der Waals surface area contributed by atoms with Crippen LogP contribution in [0.25, 0.3) is 0 Å². The van der Waals surface area contributed by atoms with Crippen molar-refractivity contribution in [2.75, 3.05) is 11.4 Å². The Bertz CT molecular complexity index is 376. The molecule has 2 N–H and O–H groups in total. The van der Waals surface area contributed by atoms with Gasteiger partial charge in [-0.05, 0) is 38.2 Å². The van der Waals surface area contributed by atoms with Crippen LogP contribution in [0.5, 0.6) is 0 Å². The highest BCUT2D eigenvalue weighted by Crippen LogP contribution is 2.20. The minimum absolute atomic E-state index is 0.214. The summed E-state index contributed by atoms with van der Waals surface area (Å²) in [6, 6.07) is 0.762. The predicted octanol–water partition coefficient (Wildman–Crippen LogP) is 2.53. The highest BCUT2D eigenvalue weighted by molar-refractivity contribution is 5.31. The van der Waals surface area contributed by atoms with Crippen molar-refractivity contribution in [3.8, 4) is 0 Å². The van der Waals surface area contributed by atoms with Crippen LogP contribution in [0.3, 0.4) is 0 Å². The second-order valence-electron chi connectivity index (χ2n) is 5.66. The van der Waals surface area contributed by atoms with Crippen molar-refractivity contribution in [3.05, 3.63) is 18.0 Å². The molecule has 2 atom stereocenters. The van der Waals surface area contributed by atoms with Gasteiger partial charge >= 0.3 is 0 Å². The molecule has 1 aromatic heterocycles. The van der Waals surface area contributed by atoms with Crippen LogP contribution in [0.1, 0.15) is 51.5 Å². The van der Waals surface area contributed by atoms with E-state index in [-0.39, 0.29) is 6.04 Å². The van der Waals surface area contributed by atoms with Crippen molar-refractivity contribution in [3.63, 3.8) is 0 Å². The summed E-state index contributed by atoms with van der Waals surface area (Å²) in [6.07, 6.45) is 10.9. The lowest BCUT2D eigenvalue weighted by molar-refractivity contribution is 0.603. The van der Waals surface area contributed by atoms with Crippen molar-refractivity contribution < 1.29 is 0 Å². The Morgan fingerprint density at radius 3 is 2.74 bits per heavy atom. The summed E-state index contributed by atoms with van der Waals surface area (Å²) in [5, 5.41) is 0. The first kappa shape index (κ1) is 14.3. The van der Waals surface area contributed by atoms with Gasteiger partial charge in [0.25, 0.3) is 0 Å². The maximum atomic E-state index is 5.96. The zero-order valence-corrected chi connectivity index (χ0v) is 12.2. The van der Waals surface area contributed by atoms with Crippen molar-refractivity contribution in [2.24, 2.45) is 5.73 Å². The summed E-state index contributed by atoms with van der Waals surface area (Å²) >= 11 is 0. The van der Waals surface area contributed by atoms with E-state index in [1.165, 1.54) is 25.7 Å². The lowest BCUT2D eigenvalue weighted by atomic mass is 10.1. The maximum Gasteiger partial charge on any atom is 0.225 e. The molecule has 4 heteroatoms. The van der Waals surface area contributed by atoms with Gasteiger partial charge in [0.05, 0.1) is 0 Å². The molecule has 1 saturated heterocycles. The van der Waals surface area contributed by atoms with Gasteiger partial charge in [-0.3, -0.25) is 0 Å². The Labute approximate surface area is 116 Å². The number of nitrogens with two attached hydrogens (primary N) is 1. The van der Waals surface area contributed by atoms with Gasteiger partial charge in [-0.15, -0.1) is 0 Å². The van der Waals surface area contributed by atoms with Gasteiger partial charge in [0, 0.05) is 31.0 Å². The van der Waals surface area contributed by atoms with Crippen LogP contribution in [0.15, 0.2) is 12.4 Å². The highest BCUT2D eigenvalue weighted by Gasteiger charge is 2.19. The standard InChI is InChI=1S/C15H26N4/c1-3-14(16)9-13-10-17-15(18-11-13)19-8-6-4-5-7-12(19)2/h10-12,14H,3-9,16H2,1-2H3. The van der Waals surface area contributed by atoms with Gasteiger partial charge in [0.2, 0.25) is 5.95 Å². The Morgan fingerprint density at radius 2 is 2.05 bits per heavy atom. The predicted molar refractivity (Wildman–Crippen MR) is 79.3 cm³/mol. The lowest BCUT2D eigenvalue weighted by Crippen LogP contribution is -2.34. The molecular weight excluding hydrogens is 236 g/mol. The van der Waals surface area contributed by atoms with Crippen LogP contribution in [0.2, 0.25) is 0 Å². The number of anilines is 1. The molecule has 2 unspecified atom stereocenters. The monoisotopic (exact) mass is 262 g/mol. The average molecular weight is 262 g/mol. The van der Waals surface area contributed by atoms with E-state index in [4.69, 9.17) is 5.73 Å². The SMILES string of the molecule is CCC(N)Cc1cnc(N2CCCCCC2C)nc1. The van der Waals surface area contributed by atoms with Crippen LogP contribution in [0.4, 0.5) is 5.95 Å². The van der Waals surface area contributed by atoms with Gasteiger partial charge < -0.3 is 10.6 Å². The molecule has 0 saturated carbocycles. The molecule has 1 aromatic rings. The van der Waals surface area contributed by atoms with Gasteiger partial charge in [-0.25, -0.2) is 9.97 Å². The summed E-state index contributed by atoms with van der Waals surface area (Å²) in [4.78, 5) is 11.4. The molecule has 1 aliphatic rings. The molecule has 2 heterocycles. The van der Waals surface area contributed by atoms with E-state index < -0.39 is 0 Å². The van der Waals surface area contributed by atoms with E-state index in [9.17, 15) is 0 Å². The molecule has 0 amide bonds. The molecule has 106 valence electrons. The maximum absolute atomic E-state index is 5.96. The quantitative estimate of drug-likeness (QED) is 0.906. The molecular formula is C15H26N4. The number of nitrogens with zero attached hydrogens (tertiary/aromatic N) is 3. The van der Waals surface area contributed by atoms with E-state index in [1.54, 1.807) is 0 Å². The fourth-order valence-corrected chi connectivity index (χ4v) is 2.62. The number of aromatic nitrogens is 2. The molecule has 0 aliphatic carbocycles. The summed E-state index contributed by atoms with van der Waals surface area (Å²) in [6.45, 7) is 5.46. The third kappa shape index (κ3) is 3.90. The van der Waals surface area contributed by atoms with E-state index >= 15 is 0 Å². The number of hydrogen-bond donors (Lipinski definition) is 1. The molecule has 19 heavy (non-hydrogen) atoms. The zero-order chi connectivity index (χ0) is 13.7. The van der Waals surface area contributed by atoms with Crippen LogP contribution < -0.4 is 10.6 Å². The molecule has 0 spiro atoms. The van der Waals surface area contributed by atoms with E-state index in [2.05, 4.69) is 28.7 Å². The third-order valence-electron chi connectivity index (χ3n) is 4.02. The van der Waals surface area contributed by atoms with Gasteiger partial charge in [-0.2, -0.15) is 0 Å². The Morgan fingerprint density at radius 1 is 1.32 bits per heavy atom. The van der Waals surface area contributed by atoms with Crippen LogP contribution in [0, 0.1) is 0 Å². The minimum atomic E-state index is 0.214. The largest absolute Gasteiger partial charge is 0.338 e. The van der Waals surface area contributed by atoms with Crippen molar-refractivity contribution in [1.82, 2.24) is 9.97 Å². The topological polar surface area (TPSA) is 55.0 Å². The summed E-state index contributed by atoms with van der Waals surface area (Å²) < 4.78 is 0. The van der Waals surface area contributed by atoms with Crippen LogP contribution >= 0.6 is 0 Å². The fourth-order valence-electron chi connectivity index (χ4n) is 2.62. The Hall–Kier alpha value is -1.16. The number of rotatable bonds is 4. The third-order valence-corrected chi connectivity index (χ3v) is 4.02. The second kappa shape index (κ2) is 6.85. The second-order valence-corrected chi connectivity index (χ2v) is 5.66. The minimum Gasteiger partial charge on any atom is -0.338 e. The van der Waals surface area contributed by atoms with Gasteiger partial charge in [-0.1, -0.05) is 19.8 Å². The highest BCUT2D eigenvalue weighted by atomic mass is 15.3. The number of hydrogen-bond acceptors (Lipinski definition) is 4. The smallest absolute Gasteiger partial charge is 0.225 e. The lowest BCUT2D eigenvalue weighted by Gasteiger charge is -2.27. The average Bonchev–Trinajstić information content (AvgIpc) is 2.64. The normalized spacial score (nSPS) is 22.1. The first-order valence-electron chi connectivity index (χ1n) is 7.54. The molecule has 1 aliphatic heterocycles. The first-order chi connectivity index (χ1) is 9.20. The fraction of sp³-hybridized carbons (Fsp3) is 0.733. The Kier molecular flexibility index (Phi) is 5.14. The first-order valence-corrected chi connectivity index (χ1v) is 7.54. The van der Waals surface area contributed by atoms with E-state index in [0.717, 1.165) is 30.9 Å². The summed E-state index contributed by atoms with van der Waals surface area (Å²) in [5.74, 6) is 0.878. The summed E-state index contributed by atoms with van der Waals surface area (Å²) in [7, 11) is 0. The van der Waals surface area contributed by atoms with Crippen LogP contribution in [-0.2, 0) is 6.42 Å². The van der Waals surface area contributed by atoms with Crippen molar-refractivity contribution >= 4 is 5.95 Å². The Balaban J connectivity index is 2.04. The zero-order valence-electron chi connectivity index (χ0n) is 12.2. The molecule has 0 radical (unpaired) electrons. The van der Waals surface area contributed by atoms with Crippen LogP contribution in [-0.4, -0.2) is 28.6 Å². The van der Waals surface area contributed by atoms with Gasteiger partial charge in [0.1, 0.15) is 0 Å². The molecule has 0 aromatic carbocycles. The van der Waals surface area contributed by atoms with Crippen molar-refractivity contribution in [1.29, 1.82) is 0 Å². The van der Waals surface area contributed by atoms with E-state index in [1.807, 2.05) is 12.4 Å². The molecule has 1 fully saturated rings. The molecule has 0 bridgehead atoms. The van der Waals surface area contributed by atoms with Gasteiger partial charge in [0.15, 0.2) is 0 Å². The van der Waals surface area contributed by atoms with E-state index in [0.29, 0.717) is 6.04 Å². The van der Waals surface area contributed by atoms with Crippen molar-refractivity contribution in [2.45, 2.75) is 64.5 Å².